The maximum absolute atomic E-state index is 12.3. The van der Waals surface area contributed by atoms with Gasteiger partial charge in [0.05, 0.1) is 28.7 Å². The van der Waals surface area contributed by atoms with Crippen molar-refractivity contribution in [3.63, 3.8) is 0 Å². The van der Waals surface area contributed by atoms with Crippen molar-refractivity contribution in [1.29, 1.82) is 0 Å². The highest BCUT2D eigenvalue weighted by atomic mass is 16.5. The summed E-state index contributed by atoms with van der Waals surface area (Å²) in [4.78, 5) is 28.4. The second-order valence-corrected chi connectivity index (χ2v) is 8.98. The molecule has 0 radical (unpaired) electrons. The minimum absolute atomic E-state index is 0.0723. The van der Waals surface area contributed by atoms with E-state index in [1.807, 2.05) is 61.0 Å². The number of amides is 1. The van der Waals surface area contributed by atoms with Crippen molar-refractivity contribution >= 4 is 28.4 Å². The maximum atomic E-state index is 12.3. The Morgan fingerprint density at radius 1 is 1.17 bits per heavy atom. The molecular weight excluding hydrogens is 442 g/mol. The molecule has 1 amide bonds. The van der Waals surface area contributed by atoms with Crippen molar-refractivity contribution < 1.29 is 9.53 Å². The van der Waals surface area contributed by atoms with Crippen LogP contribution < -0.4 is 15.8 Å². The van der Waals surface area contributed by atoms with Gasteiger partial charge in [0.15, 0.2) is 11.5 Å². The lowest BCUT2D eigenvalue weighted by Gasteiger charge is -2.19. The van der Waals surface area contributed by atoms with Crippen molar-refractivity contribution in [3.8, 4) is 17.0 Å². The first kappa shape index (κ1) is 22.8. The minimum atomic E-state index is -0.657. The zero-order valence-electron chi connectivity index (χ0n) is 20.2. The molecule has 0 bridgehead atoms. The second kappa shape index (κ2) is 9.34. The van der Waals surface area contributed by atoms with Crippen LogP contribution in [0.2, 0.25) is 0 Å². The number of fused-ring (bicyclic) bond motifs is 1. The number of benzene rings is 2. The fourth-order valence-electron chi connectivity index (χ4n) is 4.54. The van der Waals surface area contributed by atoms with Crippen LogP contribution in [0.5, 0.6) is 5.75 Å². The van der Waals surface area contributed by atoms with Crippen molar-refractivity contribution in [2.45, 2.75) is 25.8 Å². The molecule has 0 aliphatic carbocycles. The van der Waals surface area contributed by atoms with Gasteiger partial charge in [0.25, 0.3) is 5.91 Å². The third-order valence-corrected chi connectivity index (χ3v) is 6.54. The van der Waals surface area contributed by atoms with Crippen molar-refractivity contribution in [2.75, 3.05) is 25.5 Å². The molecule has 35 heavy (non-hydrogen) atoms. The highest BCUT2D eigenvalue weighted by Crippen LogP contribution is 2.30. The van der Waals surface area contributed by atoms with Crippen LogP contribution in [0.4, 0.5) is 11.5 Å². The molecule has 1 atom stereocenters. The first-order chi connectivity index (χ1) is 16.9. The predicted octanol–water partition coefficient (Wildman–Crippen LogP) is 3.65. The Labute approximate surface area is 204 Å². The molecule has 3 heterocycles. The number of nitrogens with two attached hydrogens (primary N) is 1. The lowest BCUT2D eigenvalue weighted by atomic mass is 10.1. The van der Waals surface area contributed by atoms with Crippen LogP contribution in [-0.2, 0) is 7.05 Å². The Kier molecular flexibility index (Phi) is 6.08. The highest BCUT2D eigenvalue weighted by Gasteiger charge is 2.22. The number of carbonyl (C=O) groups is 1. The number of nitrogens with one attached hydrogen (secondary N) is 1. The predicted molar refractivity (Wildman–Crippen MR) is 136 cm³/mol. The Hall–Kier alpha value is -3.98. The molecule has 1 aliphatic heterocycles. The minimum Gasteiger partial charge on any atom is -0.492 e. The summed E-state index contributed by atoms with van der Waals surface area (Å²) in [5.41, 5.74) is 10.3. The van der Waals surface area contributed by atoms with Crippen LogP contribution in [0.15, 0.2) is 48.8 Å². The maximum Gasteiger partial charge on any atom is 0.271 e. The number of hydrogen-bond donors (Lipinski definition) is 2. The van der Waals surface area contributed by atoms with Gasteiger partial charge >= 0.3 is 0 Å². The largest absolute Gasteiger partial charge is 0.492 e. The summed E-state index contributed by atoms with van der Waals surface area (Å²) in [5.74, 6) is 0.454. The number of anilines is 2. The van der Waals surface area contributed by atoms with Crippen molar-refractivity contribution in [2.24, 2.45) is 12.8 Å². The van der Waals surface area contributed by atoms with Gasteiger partial charge in [-0.3, -0.25) is 4.79 Å². The number of likely N-dealkylation sites (tertiary alicyclic amines) is 1. The fraction of sp³-hybridized carbons (Fsp3) is 0.308. The number of hydrogen-bond acceptors (Lipinski definition) is 7. The Bertz CT molecular complexity index is 1380. The van der Waals surface area contributed by atoms with Gasteiger partial charge in [-0.2, -0.15) is 0 Å². The summed E-state index contributed by atoms with van der Waals surface area (Å²) in [6.07, 6.45) is 4.13. The van der Waals surface area contributed by atoms with E-state index < -0.39 is 5.91 Å². The summed E-state index contributed by atoms with van der Waals surface area (Å²) < 4.78 is 7.91. The lowest BCUT2D eigenvalue weighted by Crippen LogP contribution is -2.30. The number of rotatable bonds is 7. The van der Waals surface area contributed by atoms with Crippen molar-refractivity contribution in [3.05, 3.63) is 60.2 Å². The van der Waals surface area contributed by atoms with Gasteiger partial charge in [0.2, 0.25) is 0 Å². The molecule has 1 unspecified atom stereocenters. The number of carbonyl (C=O) groups excluding carboxylic acids is 1. The van der Waals surface area contributed by atoms with Crippen LogP contribution in [-0.4, -0.2) is 56.6 Å². The van der Waals surface area contributed by atoms with E-state index in [9.17, 15) is 4.79 Å². The van der Waals surface area contributed by atoms with Crippen LogP contribution in [0.3, 0.4) is 0 Å². The number of aromatic nitrogens is 4. The molecule has 4 aromatic rings. The lowest BCUT2D eigenvalue weighted by molar-refractivity contribution is 0.0996. The molecule has 0 spiro atoms. The van der Waals surface area contributed by atoms with E-state index >= 15 is 0 Å². The Balaban J connectivity index is 1.39. The zero-order chi connectivity index (χ0) is 24.5. The molecule has 2 aromatic heterocycles. The first-order valence-corrected chi connectivity index (χ1v) is 11.7. The second-order valence-electron chi connectivity index (χ2n) is 8.98. The van der Waals surface area contributed by atoms with Gasteiger partial charge in [-0.25, -0.2) is 15.0 Å². The van der Waals surface area contributed by atoms with E-state index in [0.717, 1.165) is 41.0 Å². The summed E-state index contributed by atoms with van der Waals surface area (Å²) >= 11 is 0. The number of nitrogens with zero attached hydrogens (tertiary/aromatic N) is 5. The smallest absolute Gasteiger partial charge is 0.271 e. The van der Waals surface area contributed by atoms with Gasteiger partial charge < -0.3 is 25.3 Å². The van der Waals surface area contributed by atoms with Crippen molar-refractivity contribution in [1.82, 2.24) is 24.4 Å². The molecule has 5 rings (SSSR count). The quantitative estimate of drug-likeness (QED) is 0.423. The Morgan fingerprint density at radius 2 is 1.97 bits per heavy atom. The van der Waals surface area contributed by atoms with E-state index in [2.05, 4.69) is 32.2 Å². The SMILES string of the molecule is Cc1nc(Nc2ccc(OCC3CCCN3C)cc2)c(C(N)=O)nc1-c1cccc2c1ncn2C. The normalized spacial score (nSPS) is 16.0. The van der Waals surface area contributed by atoms with Crippen LogP contribution in [0, 0.1) is 6.92 Å². The standard InChI is InChI=1S/C26H29N7O2/c1-16-22(20-7-4-8-21-23(20)28-15-33(21)3)31-24(25(27)34)26(29-16)30-17-9-11-19(12-10-17)35-14-18-6-5-13-32(18)2/h4,7-12,15,18H,5-6,13-14H2,1-3H3,(H2,27,34)(H,29,30). The number of imidazole rings is 1. The number of aryl methyl sites for hydroxylation is 2. The highest BCUT2D eigenvalue weighted by molar-refractivity contribution is 5.98. The van der Waals surface area contributed by atoms with E-state index in [4.69, 9.17) is 10.5 Å². The molecule has 1 fully saturated rings. The molecule has 1 aliphatic rings. The van der Waals surface area contributed by atoms with Crippen LogP contribution in [0.25, 0.3) is 22.3 Å². The summed E-state index contributed by atoms with van der Waals surface area (Å²) in [6.45, 7) is 3.65. The molecule has 1 saturated heterocycles. The third-order valence-electron chi connectivity index (χ3n) is 6.54. The van der Waals surface area contributed by atoms with Gasteiger partial charge in [0.1, 0.15) is 12.4 Å². The molecule has 2 aromatic carbocycles. The van der Waals surface area contributed by atoms with E-state index in [-0.39, 0.29) is 5.69 Å². The average molecular weight is 472 g/mol. The zero-order valence-corrected chi connectivity index (χ0v) is 20.2. The van der Waals surface area contributed by atoms with E-state index in [0.29, 0.717) is 29.9 Å². The van der Waals surface area contributed by atoms with Crippen LogP contribution >= 0.6 is 0 Å². The number of para-hydroxylation sites is 1. The summed E-state index contributed by atoms with van der Waals surface area (Å²) in [7, 11) is 4.07. The molecule has 0 saturated carbocycles. The molecule has 180 valence electrons. The molecule has 3 N–H and O–H groups in total. The number of likely N-dealkylation sites (N-methyl/N-ethyl adjacent to an activating group) is 1. The number of primary amides is 1. The topological polar surface area (TPSA) is 111 Å². The molecule has 9 heteroatoms. The van der Waals surface area contributed by atoms with Gasteiger partial charge in [0, 0.05) is 24.3 Å². The molecular formula is C26H29N7O2. The Morgan fingerprint density at radius 3 is 2.69 bits per heavy atom. The van der Waals surface area contributed by atoms with E-state index in [1.54, 1.807) is 6.33 Å². The first-order valence-electron chi connectivity index (χ1n) is 11.7. The van der Waals surface area contributed by atoms with Gasteiger partial charge in [-0.05, 0) is 63.7 Å². The van der Waals surface area contributed by atoms with Crippen LogP contribution in [0.1, 0.15) is 29.0 Å². The summed E-state index contributed by atoms with van der Waals surface area (Å²) in [6, 6.07) is 13.9. The fourth-order valence-corrected chi connectivity index (χ4v) is 4.54. The van der Waals surface area contributed by atoms with Gasteiger partial charge in [-0.1, -0.05) is 12.1 Å². The molecule has 9 nitrogen and oxygen atoms in total. The number of ether oxygens (including phenoxy) is 1. The van der Waals surface area contributed by atoms with Gasteiger partial charge in [-0.15, -0.1) is 0 Å². The monoisotopic (exact) mass is 471 g/mol. The average Bonchev–Trinajstić information content (AvgIpc) is 3.44. The summed E-state index contributed by atoms with van der Waals surface area (Å²) in [5, 5.41) is 3.19. The van der Waals surface area contributed by atoms with E-state index in [1.165, 1.54) is 6.42 Å². The third kappa shape index (κ3) is 4.54.